The van der Waals surface area contributed by atoms with Crippen LogP contribution in [0.5, 0.6) is 0 Å². The van der Waals surface area contributed by atoms with Gasteiger partial charge in [-0.25, -0.2) is 8.42 Å². The highest BCUT2D eigenvalue weighted by Crippen LogP contribution is 2.16. The molecular formula is C15H20N2O4S. The van der Waals surface area contributed by atoms with Gasteiger partial charge in [0.25, 0.3) is 0 Å². The van der Waals surface area contributed by atoms with E-state index in [4.69, 9.17) is 0 Å². The lowest BCUT2D eigenvalue weighted by Gasteiger charge is -2.22. The predicted octanol–water partition coefficient (Wildman–Crippen LogP) is 0.947. The second-order valence-corrected chi connectivity index (χ2v) is 7.89. The van der Waals surface area contributed by atoms with Crippen molar-refractivity contribution < 1.29 is 18.0 Å². The Hall–Kier alpha value is -1.73. The van der Waals surface area contributed by atoms with Gasteiger partial charge in [0.05, 0.1) is 18.1 Å². The van der Waals surface area contributed by atoms with Crippen molar-refractivity contribution in [3.05, 3.63) is 29.8 Å². The van der Waals surface area contributed by atoms with Crippen LogP contribution in [0.2, 0.25) is 0 Å². The minimum absolute atomic E-state index is 0.0654. The first-order valence-electron chi connectivity index (χ1n) is 7.08. The third kappa shape index (κ3) is 4.38. The van der Waals surface area contributed by atoms with Crippen LogP contribution in [0.15, 0.2) is 24.3 Å². The van der Waals surface area contributed by atoms with E-state index in [2.05, 4.69) is 5.32 Å². The maximum atomic E-state index is 12.0. The second-order valence-electron chi connectivity index (χ2n) is 5.66. The van der Waals surface area contributed by atoms with Gasteiger partial charge in [0, 0.05) is 17.3 Å². The summed E-state index contributed by atoms with van der Waals surface area (Å²) in [6.07, 6.45) is 0.561. The maximum absolute atomic E-state index is 12.0. The largest absolute Gasteiger partial charge is 0.325 e. The molecule has 0 aliphatic carbocycles. The number of hydrogen-bond donors (Lipinski definition) is 1. The van der Waals surface area contributed by atoms with Gasteiger partial charge in [-0.2, -0.15) is 0 Å². The first-order chi connectivity index (χ1) is 10.3. The van der Waals surface area contributed by atoms with Crippen LogP contribution in [0.3, 0.4) is 0 Å². The number of rotatable bonds is 5. The average Bonchev–Trinajstić information content (AvgIpc) is 2.79. The molecule has 1 fully saturated rings. The summed E-state index contributed by atoms with van der Waals surface area (Å²) >= 11 is 0. The molecule has 0 saturated carbocycles. The summed E-state index contributed by atoms with van der Waals surface area (Å²) in [4.78, 5) is 25.1. The van der Waals surface area contributed by atoms with E-state index in [0.717, 1.165) is 0 Å². The molecule has 0 aromatic heterocycles. The summed E-state index contributed by atoms with van der Waals surface area (Å²) in [6.45, 7) is 1.58. The fraction of sp³-hybridized carbons (Fsp3) is 0.467. The van der Waals surface area contributed by atoms with Gasteiger partial charge in [-0.15, -0.1) is 0 Å². The number of carbonyl (C=O) groups is 2. The lowest BCUT2D eigenvalue weighted by molar-refractivity contribution is -0.117. The van der Waals surface area contributed by atoms with Crippen molar-refractivity contribution in [2.75, 3.05) is 30.4 Å². The molecule has 1 aliphatic heterocycles. The highest BCUT2D eigenvalue weighted by molar-refractivity contribution is 7.91. The molecule has 1 N–H and O–H groups in total. The van der Waals surface area contributed by atoms with Gasteiger partial charge in [0.15, 0.2) is 15.6 Å². The third-order valence-corrected chi connectivity index (χ3v) is 5.53. The minimum atomic E-state index is -2.96. The Labute approximate surface area is 130 Å². The molecular weight excluding hydrogens is 304 g/mol. The fourth-order valence-corrected chi connectivity index (χ4v) is 4.30. The van der Waals surface area contributed by atoms with Crippen molar-refractivity contribution in [3.8, 4) is 0 Å². The van der Waals surface area contributed by atoms with Crippen molar-refractivity contribution in [1.82, 2.24) is 4.90 Å². The van der Waals surface area contributed by atoms with Crippen LogP contribution in [0.4, 0.5) is 5.69 Å². The standard InChI is InChI=1S/C15H20N2O4S/c1-11(18)12-4-3-5-13(8-12)16-15(19)9-17(2)14-6-7-22(20,21)10-14/h3-5,8,14H,6-7,9-10H2,1-2H3,(H,16,19). The number of hydrogen-bond acceptors (Lipinski definition) is 5. The van der Waals surface area contributed by atoms with E-state index < -0.39 is 9.84 Å². The molecule has 1 aromatic rings. The summed E-state index contributed by atoms with van der Waals surface area (Å²) in [5.74, 6) is -0.00201. The van der Waals surface area contributed by atoms with Crippen LogP contribution in [0.25, 0.3) is 0 Å². The number of likely N-dealkylation sites (N-methyl/N-ethyl adjacent to an activating group) is 1. The average molecular weight is 324 g/mol. The monoisotopic (exact) mass is 324 g/mol. The molecule has 0 radical (unpaired) electrons. The van der Waals surface area contributed by atoms with Crippen LogP contribution in [0.1, 0.15) is 23.7 Å². The van der Waals surface area contributed by atoms with Gasteiger partial charge in [-0.3, -0.25) is 14.5 Å². The predicted molar refractivity (Wildman–Crippen MR) is 84.8 cm³/mol. The van der Waals surface area contributed by atoms with Gasteiger partial charge >= 0.3 is 0 Å². The lowest BCUT2D eigenvalue weighted by Crippen LogP contribution is -2.38. The van der Waals surface area contributed by atoms with Crippen LogP contribution in [-0.2, 0) is 14.6 Å². The number of nitrogens with one attached hydrogen (secondary N) is 1. The number of sulfone groups is 1. The number of anilines is 1. The van der Waals surface area contributed by atoms with E-state index in [1.165, 1.54) is 6.92 Å². The Morgan fingerprint density at radius 2 is 2.09 bits per heavy atom. The van der Waals surface area contributed by atoms with E-state index in [1.807, 2.05) is 0 Å². The Morgan fingerprint density at radius 1 is 1.36 bits per heavy atom. The Morgan fingerprint density at radius 3 is 2.68 bits per heavy atom. The molecule has 0 bridgehead atoms. The van der Waals surface area contributed by atoms with Crippen LogP contribution in [-0.4, -0.2) is 56.1 Å². The van der Waals surface area contributed by atoms with E-state index >= 15 is 0 Å². The van der Waals surface area contributed by atoms with Gasteiger partial charge in [0.1, 0.15) is 0 Å². The van der Waals surface area contributed by atoms with Crippen molar-refractivity contribution in [1.29, 1.82) is 0 Å². The Balaban J connectivity index is 1.93. The fourth-order valence-electron chi connectivity index (χ4n) is 2.50. The zero-order chi connectivity index (χ0) is 16.3. The molecule has 1 amide bonds. The van der Waals surface area contributed by atoms with Crippen molar-refractivity contribution in [3.63, 3.8) is 0 Å². The normalized spacial score (nSPS) is 20.0. The van der Waals surface area contributed by atoms with Crippen LogP contribution < -0.4 is 5.32 Å². The number of ketones is 1. The summed E-state index contributed by atoms with van der Waals surface area (Å²) in [5, 5.41) is 2.73. The molecule has 6 nitrogen and oxygen atoms in total. The smallest absolute Gasteiger partial charge is 0.238 e. The molecule has 1 atom stereocenters. The quantitative estimate of drug-likeness (QED) is 0.815. The maximum Gasteiger partial charge on any atom is 0.238 e. The minimum Gasteiger partial charge on any atom is -0.325 e. The van der Waals surface area contributed by atoms with E-state index in [-0.39, 0.29) is 35.8 Å². The Kier molecular flexibility index (Phi) is 4.97. The first-order valence-corrected chi connectivity index (χ1v) is 8.90. The van der Waals surface area contributed by atoms with Crippen molar-refractivity contribution >= 4 is 27.2 Å². The van der Waals surface area contributed by atoms with Crippen LogP contribution in [0, 0.1) is 0 Å². The zero-order valence-corrected chi connectivity index (χ0v) is 13.5. The molecule has 1 heterocycles. The van der Waals surface area contributed by atoms with Crippen LogP contribution >= 0.6 is 0 Å². The van der Waals surface area contributed by atoms with E-state index in [0.29, 0.717) is 17.7 Å². The SMILES string of the molecule is CC(=O)c1cccc(NC(=O)CN(C)C2CCS(=O)(=O)C2)c1. The van der Waals surface area contributed by atoms with Gasteiger partial charge in [0.2, 0.25) is 5.91 Å². The highest BCUT2D eigenvalue weighted by Gasteiger charge is 2.31. The van der Waals surface area contributed by atoms with Crippen molar-refractivity contribution in [2.24, 2.45) is 0 Å². The number of Topliss-reactive ketones (excluding diaryl/α,β-unsaturated/α-hetero) is 1. The van der Waals surface area contributed by atoms with Crippen molar-refractivity contribution in [2.45, 2.75) is 19.4 Å². The van der Waals surface area contributed by atoms with Gasteiger partial charge in [-0.05, 0) is 32.5 Å². The number of carbonyl (C=O) groups excluding carboxylic acids is 2. The molecule has 2 rings (SSSR count). The molecule has 1 aromatic carbocycles. The Bertz CT molecular complexity index is 685. The second kappa shape index (κ2) is 6.58. The topological polar surface area (TPSA) is 83.6 Å². The molecule has 22 heavy (non-hydrogen) atoms. The summed E-state index contributed by atoms with van der Waals surface area (Å²) in [7, 11) is -1.21. The van der Waals surface area contributed by atoms with E-state index in [9.17, 15) is 18.0 Å². The summed E-state index contributed by atoms with van der Waals surface area (Å²) < 4.78 is 22.9. The molecule has 120 valence electrons. The number of amides is 1. The zero-order valence-electron chi connectivity index (χ0n) is 12.7. The van der Waals surface area contributed by atoms with E-state index in [1.54, 1.807) is 36.2 Å². The highest BCUT2D eigenvalue weighted by atomic mass is 32.2. The molecule has 1 unspecified atom stereocenters. The number of benzene rings is 1. The molecule has 1 saturated heterocycles. The molecule has 1 aliphatic rings. The van der Waals surface area contributed by atoms with Gasteiger partial charge in [-0.1, -0.05) is 12.1 Å². The molecule has 7 heteroatoms. The summed E-state index contributed by atoms with van der Waals surface area (Å²) in [5.41, 5.74) is 1.10. The third-order valence-electron chi connectivity index (χ3n) is 3.78. The van der Waals surface area contributed by atoms with Gasteiger partial charge < -0.3 is 5.32 Å². The first kappa shape index (κ1) is 16.6. The summed E-state index contributed by atoms with van der Waals surface area (Å²) in [6, 6.07) is 6.62. The molecule has 0 spiro atoms. The lowest BCUT2D eigenvalue weighted by atomic mass is 10.1. The number of nitrogens with zero attached hydrogens (tertiary/aromatic N) is 1.